The molecule has 0 radical (unpaired) electrons. The van der Waals surface area contributed by atoms with Crippen LogP contribution in [-0.4, -0.2) is 41.1 Å². The molecule has 30 heavy (non-hydrogen) atoms. The Labute approximate surface area is 181 Å². The Kier molecular flexibility index (Phi) is 6.50. The predicted molar refractivity (Wildman–Crippen MR) is 121 cm³/mol. The molecule has 0 aliphatic carbocycles. The lowest BCUT2D eigenvalue weighted by Crippen LogP contribution is -2.49. The van der Waals surface area contributed by atoms with Gasteiger partial charge in [-0.3, -0.25) is 4.90 Å². The maximum absolute atomic E-state index is 11.9. The molecule has 2 amide bonds. The number of para-hydroxylation sites is 1. The number of amides is 2. The average molecular weight is 425 g/mol. The van der Waals surface area contributed by atoms with Crippen LogP contribution in [0.3, 0.4) is 0 Å². The molecule has 4 rings (SSSR count). The summed E-state index contributed by atoms with van der Waals surface area (Å²) in [5, 5.41) is 6.64. The minimum atomic E-state index is -0.0628. The fraction of sp³-hybridized carbons (Fsp3) is 0.391. The van der Waals surface area contributed by atoms with E-state index in [9.17, 15) is 4.79 Å². The molecule has 0 saturated carbocycles. The van der Waals surface area contributed by atoms with Crippen molar-refractivity contribution in [2.75, 3.05) is 13.1 Å². The molecule has 1 aliphatic rings. The number of likely N-dealkylation sites (tertiary alicyclic amines) is 1. The van der Waals surface area contributed by atoms with E-state index in [0.29, 0.717) is 5.19 Å². The van der Waals surface area contributed by atoms with Gasteiger partial charge in [0.2, 0.25) is 0 Å². The van der Waals surface area contributed by atoms with Gasteiger partial charge in [-0.1, -0.05) is 35.6 Å². The highest BCUT2D eigenvalue weighted by atomic mass is 32.1. The number of nitrogens with zero attached hydrogens (tertiary/aromatic N) is 2. The van der Waals surface area contributed by atoms with Crippen molar-refractivity contribution in [2.45, 2.75) is 45.3 Å². The van der Waals surface area contributed by atoms with Crippen molar-refractivity contribution in [2.24, 2.45) is 0 Å². The first-order chi connectivity index (χ1) is 14.5. The molecule has 0 spiro atoms. The van der Waals surface area contributed by atoms with Crippen molar-refractivity contribution in [1.82, 2.24) is 20.5 Å². The number of rotatable bonds is 6. The van der Waals surface area contributed by atoms with Crippen LogP contribution in [0.1, 0.15) is 32.3 Å². The summed E-state index contributed by atoms with van der Waals surface area (Å²) in [5.74, 6) is 0.803. The van der Waals surface area contributed by atoms with Gasteiger partial charge >= 0.3 is 6.03 Å². The molecule has 3 aromatic rings. The summed E-state index contributed by atoms with van der Waals surface area (Å²) >= 11 is 1.56. The molecule has 7 heteroatoms. The number of carbonyl (C=O) groups is 1. The smallest absolute Gasteiger partial charge is 0.315 e. The number of hydrogen-bond acceptors (Lipinski definition) is 5. The first-order valence-electron chi connectivity index (χ1n) is 10.5. The summed E-state index contributed by atoms with van der Waals surface area (Å²) in [6.45, 7) is 6.81. The topological polar surface area (TPSA) is 66.5 Å². The van der Waals surface area contributed by atoms with Gasteiger partial charge in [-0.2, -0.15) is 0 Å². The van der Waals surface area contributed by atoms with Gasteiger partial charge in [-0.15, -0.1) is 0 Å². The third-order valence-electron chi connectivity index (χ3n) is 5.15. The zero-order valence-corrected chi connectivity index (χ0v) is 18.2. The van der Waals surface area contributed by atoms with E-state index in [4.69, 9.17) is 4.74 Å². The van der Waals surface area contributed by atoms with Crippen molar-refractivity contribution in [3.8, 4) is 10.9 Å². The SMILES string of the molecule is CC(C)NC(=O)NC1CCN(Cc2ccc(Oc3nc4ccccc4s3)cc2)CC1. The van der Waals surface area contributed by atoms with Gasteiger partial charge in [0.25, 0.3) is 5.19 Å². The molecule has 1 saturated heterocycles. The van der Waals surface area contributed by atoms with Crippen molar-refractivity contribution < 1.29 is 9.53 Å². The van der Waals surface area contributed by atoms with Gasteiger partial charge in [-0.25, -0.2) is 9.78 Å². The number of urea groups is 1. The quantitative estimate of drug-likeness (QED) is 0.599. The maximum Gasteiger partial charge on any atom is 0.315 e. The fourth-order valence-electron chi connectivity index (χ4n) is 3.64. The summed E-state index contributed by atoms with van der Waals surface area (Å²) in [6.07, 6.45) is 1.95. The second-order valence-corrected chi connectivity index (χ2v) is 9.01. The number of nitrogens with one attached hydrogen (secondary N) is 2. The third kappa shape index (κ3) is 5.49. The fourth-order valence-corrected chi connectivity index (χ4v) is 4.48. The Morgan fingerprint density at radius 3 is 2.60 bits per heavy atom. The standard InChI is InChI=1S/C23H28N4O2S/c1-16(2)24-22(28)25-18-11-13-27(14-12-18)15-17-7-9-19(10-8-17)29-23-26-20-5-3-4-6-21(20)30-23/h3-10,16,18H,11-15H2,1-2H3,(H2,24,25,28). The van der Waals surface area contributed by atoms with Crippen molar-refractivity contribution in [3.63, 3.8) is 0 Å². The molecule has 0 unspecified atom stereocenters. The molecule has 1 aliphatic heterocycles. The number of hydrogen-bond donors (Lipinski definition) is 2. The molecule has 1 aromatic heterocycles. The van der Waals surface area contributed by atoms with Gasteiger partial charge in [0, 0.05) is 31.7 Å². The van der Waals surface area contributed by atoms with E-state index in [1.165, 1.54) is 5.56 Å². The van der Waals surface area contributed by atoms with Crippen LogP contribution in [0.4, 0.5) is 4.79 Å². The van der Waals surface area contributed by atoms with E-state index < -0.39 is 0 Å². The normalized spacial score (nSPS) is 15.4. The van der Waals surface area contributed by atoms with E-state index in [-0.39, 0.29) is 18.1 Å². The van der Waals surface area contributed by atoms with Crippen LogP contribution < -0.4 is 15.4 Å². The van der Waals surface area contributed by atoms with Crippen molar-refractivity contribution in [3.05, 3.63) is 54.1 Å². The van der Waals surface area contributed by atoms with Gasteiger partial charge < -0.3 is 15.4 Å². The van der Waals surface area contributed by atoms with Crippen LogP contribution in [0.15, 0.2) is 48.5 Å². The van der Waals surface area contributed by atoms with E-state index in [1.54, 1.807) is 11.3 Å². The molecule has 2 N–H and O–H groups in total. The van der Waals surface area contributed by atoms with Crippen LogP contribution in [0, 0.1) is 0 Å². The van der Waals surface area contributed by atoms with Gasteiger partial charge in [0.05, 0.1) is 10.2 Å². The number of piperidine rings is 1. The van der Waals surface area contributed by atoms with Crippen molar-refractivity contribution >= 4 is 27.6 Å². The van der Waals surface area contributed by atoms with Crippen molar-refractivity contribution in [1.29, 1.82) is 0 Å². The summed E-state index contributed by atoms with van der Waals surface area (Å²) in [6, 6.07) is 16.6. The third-order valence-corrected chi connectivity index (χ3v) is 6.07. The van der Waals surface area contributed by atoms with Crippen LogP contribution >= 0.6 is 11.3 Å². The maximum atomic E-state index is 11.9. The van der Waals surface area contributed by atoms with Crippen LogP contribution in [0.25, 0.3) is 10.2 Å². The highest BCUT2D eigenvalue weighted by Crippen LogP contribution is 2.31. The van der Waals surface area contributed by atoms with E-state index in [1.807, 2.05) is 44.2 Å². The van der Waals surface area contributed by atoms with Gasteiger partial charge in [0.1, 0.15) is 5.75 Å². The summed E-state index contributed by atoms with van der Waals surface area (Å²) in [4.78, 5) is 18.8. The summed E-state index contributed by atoms with van der Waals surface area (Å²) in [5.41, 5.74) is 2.23. The number of ether oxygens (including phenoxy) is 1. The minimum Gasteiger partial charge on any atom is -0.431 e. The van der Waals surface area contributed by atoms with E-state index >= 15 is 0 Å². The molecule has 0 bridgehead atoms. The van der Waals surface area contributed by atoms with E-state index in [2.05, 4.69) is 38.7 Å². The molecule has 6 nitrogen and oxygen atoms in total. The Morgan fingerprint density at radius 2 is 1.90 bits per heavy atom. The Hall–Kier alpha value is -2.64. The predicted octanol–water partition coefficient (Wildman–Crippen LogP) is 4.76. The number of benzene rings is 2. The second kappa shape index (κ2) is 9.45. The monoisotopic (exact) mass is 424 g/mol. The second-order valence-electron chi connectivity index (χ2n) is 8.02. The lowest BCUT2D eigenvalue weighted by molar-refractivity contribution is 0.186. The lowest BCUT2D eigenvalue weighted by atomic mass is 10.0. The zero-order valence-electron chi connectivity index (χ0n) is 17.4. The molecule has 2 heterocycles. The first kappa shape index (κ1) is 20.6. The summed E-state index contributed by atoms with van der Waals surface area (Å²) < 4.78 is 7.06. The van der Waals surface area contributed by atoms with Crippen LogP contribution in [0.2, 0.25) is 0 Å². The highest BCUT2D eigenvalue weighted by Gasteiger charge is 2.21. The molecule has 2 aromatic carbocycles. The largest absolute Gasteiger partial charge is 0.431 e. The van der Waals surface area contributed by atoms with Crippen LogP contribution in [0.5, 0.6) is 10.9 Å². The lowest BCUT2D eigenvalue weighted by Gasteiger charge is -2.32. The minimum absolute atomic E-state index is 0.0628. The number of aromatic nitrogens is 1. The van der Waals surface area contributed by atoms with Crippen LogP contribution in [-0.2, 0) is 6.54 Å². The highest BCUT2D eigenvalue weighted by molar-refractivity contribution is 7.20. The number of carbonyl (C=O) groups excluding carboxylic acids is 1. The molecular formula is C23H28N4O2S. The Morgan fingerprint density at radius 1 is 1.17 bits per heavy atom. The number of thiazole rings is 1. The van der Waals surface area contributed by atoms with Gasteiger partial charge in [-0.05, 0) is 56.5 Å². The molecule has 0 atom stereocenters. The first-order valence-corrected chi connectivity index (χ1v) is 11.3. The summed E-state index contributed by atoms with van der Waals surface area (Å²) in [7, 11) is 0. The Bertz CT molecular complexity index is 945. The number of fused-ring (bicyclic) bond motifs is 1. The molecular weight excluding hydrogens is 396 g/mol. The zero-order chi connectivity index (χ0) is 20.9. The molecule has 1 fully saturated rings. The van der Waals surface area contributed by atoms with E-state index in [0.717, 1.165) is 48.4 Å². The average Bonchev–Trinajstić information content (AvgIpc) is 3.12. The Balaban J connectivity index is 1.25. The molecule has 158 valence electrons. The van der Waals surface area contributed by atoms with Gasteiger partial charge in [0.15, 0.2) is 0 Å².